The lowest BCUT2D eigenvalue weighted by Gasteiger charge is -2.20. The summed E-state index contributed by atoms with van der Waals surface area (Å²) in [6, 6.07) is 34.1. The number of aldehydes is 1. The summed E-state index contributed by atoms with van der Waals surface area (Å²) in [5.74, 6) is 4.80. The molecule has 0 radical (unpaired) electrons. The summed E-state index contributed by atoms with van der Waals surface area (Å²) in [6.07, 6.45) is 6.15. The SMILES string of the molecule is CNCCN(C)C.COc1cc(/C=C2/C(C)=C(CC(=O)N(C)CCN(C)C)c3cc(OC)ccc32)cc(OC)c1.COc1cc(/C=C2/C(C)=C(CC(=O)O)c3cc(OC)ccc32)cc(OC)c1.COc1cc(C=O)cc(OC)c1.COc1ccc2c(c1)C(CC(=O)O)=C(C)C2.Cl. The van der Waals surface area contributed by atoms with E-state index in [9.17, 15) is 24.3 Å². The van der Waals surface area contributed by atoms with Gasteiger partial charge < -0.3 is 72.9 Å². The number of hydrogen-bond acceptors (Lipinski definition) is 16. The number of amides is 1. The number of carbonyl (C=O) groups is 4. The van der Waals surface area contributed by atoms with Gasteiger partial charge in [-0.25, -0.2) is 0 Å². The minimum absolute atomic E-state index is 0. The highest BCUT2D eigenvalue weighted by Crippen LogP contribution is 2.47. The number of ether oxygens (including phenoxy) is 9. The van der Waals surface area contributed by atoms with Crippen molar-refractivity contribution >= 4 is 76.6 Å². The van der Waals surface area contributed by atoms with Gasteiger partial charge in [-0.2, -0.15) is 0 Å². The van der Waals surface area contributed by atoms with Gasteiger partial charge in [0.2, 0.25) is 5.91 Å². The van der Waals surface area contributed by atoms with Crippen molar-refractivity contribution in [2.75, 3.05) is 132 Å². The van der Waals surface area contributed by atoms with Crippen molar-refractivity contribution in [1.29, 1.82) is 0 Å². The van der Waals surface area contributed by atoms with E-state index in [1.54, 1.807) is 87.1 Å². The van der Waals surface area contributed by atoms with Crippen LogP contribution in [0.15, 0.2) is 126 Å². The lowest BCUT2D eigenvalue weighted by molar-refractivity contribution is -0.136. The second-order valence-electron chi connectivity index (χ2n) is 23.0. The fraction of sp³-hybridized carbons (Fsp3) is 0.342. The first kappa shape index (κ1) is 78.9. The third kappa shape index (κ3) is 22.3. The fourth-order valence-electron chi connectivity index (χ4n) is 10.7. The highest BCUT2D eigenvalue weighted by Gasteiger charge is 2.29. The molecule has 0 bridgehead atoms. The summed E-state index contributed by atoms with van der Waals surface area (Å²) >= 11 is 0. The van der Waals surface area contributed by atoms with Gasteiger partial charge in [-0.1, -0.05) is 23.8 Å². The van der Waals surface area contributed by atoms with Crippen LogP contribution in [0.4, 0.5) is 0 Å². The third-order valence-electron chi connectivity index (χ3n) is 16.0. The molecule has 0 aromatic heterocycles. The van der Waals surface area contributed by atoms with Gasteiger partial charge in [0.15, 0.2) is 0 Å². The highest BCUT2D eigenvalue weighted by atomic mass is 35.5. The molecule has 3 N–H and O–H groups in total. The first-order valence-electron chi connectivity index (χ1n) is 30.8. The Hall–Kier alpha value is -9.53. The van der Waals surface area contributed by atoms with Gasteiger partial charge in [0, 0.05) is 57.0 Å². The second kappa shape index (κ2) is 38.7. The molecule has 0 fully saturated rings. The summed E-state index contributed by atoms with van der Waals surface area (Å²) in [7, 11) is 26.4. The minimum atomic E-state index is -0.859. The van der Waals surface area contributed by atoms with Crippen molar-refractivity contribution in [1.82, 2.24) is 20.0 Å². The predicted octanol–water partition coefficient (Wildman–Crippen LogP) is 13.2. The number of allylic oxidation sites excluding steroid dienone is 5. The summed E-state index contributed by atoms with van der Waals surface area (Å²) in [6.45, 7) is 9.74. The molecule has 19 nitrogen and oxygen atoms in total. The van der Waals surface area contributed by atoms with Crippen molar-refractivity contribution in [3.8, 4) is 51.7 Å². The van der Waals surface area contributed by atoms with Gasteiger partial charge >= 0.3 is 11.9 Å². The van der Waals surface area contributed by atoms with Gasteiger partial charge in [0.25, 0.3) is 0 Å². The molecule has 0 spiro atoms. The molecule has 0 atom stereocenters. The van der Waals surface area contributed by atoms with Crippen LogP contribution < -0.4 is 47.9 Å². The van der Waals surface area contributed by atoms with Crippen molar-refractivity contribution in [2.45, 2.75) is 46.5 Å². The molecule has 516 valence electrons. The maximum absolute atomic E-state index is 13.0. The molecule has 96 heavy (non-hydrogen) atoms. The van der Waals surface area contributed by atoms with Crippen LogP contribution >= 0.6 is 12.4 Å². The summed E-state index contributed by atoms with van der Waals surface area (Å²) in [5.41, 5.74) is 16.7. The number of methoxy groups -OCH3 is 9. The summed E-state index contributed by atoms with van der Waals surface area (Å²) < 4.78 is 47.4. The van der Waals surface area contributed by atoms with Crippen LogP contribution in [0.3, 0.4) is 0 Å². The van der Waals surface area contributed by atoms with E-state index < -0.39 is 11.9 Å². The molecule has 6 aromatic carbocycles. The van der Waals surface area contributed by atoms with E-state index in [0.29, 0.717) is 47.3 Å². The van der Waals surface area contributed by atoms with Gasteiger partial charge in [-0.3, -0.25) is 19.2 Å². The van der Waals surface area contributed by atoms with Crippen molar-refractivity contribution in [2.24, 2.45) is 0 Å². The molecule has 6 aromatic rings. The topological polar surface area (TPSA) is 214 Å². The molecule has 3 aliphatic rings. The Morgan fingerprint density at radius 2 is 0.792 bits per heavy atom. The number of hydrogen-bond donors (Lipinski definition) is 3. The number of nitrogens with zero attached hydrogens (tertiary/aromatic N) is 3. The Morgan fingerprint density at radius 1 is 0.438 bits per heavy atom. The van der Waals surface area contributed by atoms with E-state index in [1.165, 1.54) is 5.56 Å². The van der Waals surface area contributed by atoms with E-state index in [0.717, 1.165) is 139 Å². The standard InChI is InChI=1S/C27H34N2O4.C22H22O5.C13H14O3.C9H10O3.C5H14N2.ClH/c1-18-24(14-19-12-21(32-6)15-22(13-19)33-7)23-9-8-20(31-5)16-26(23)25(18)17-27(30)29(4)11-10-28(2)3;1-13-19(9-14-7-16(26-3)10-17(8-14)27-4)18-6-5-15(25-2)11-21(18)20(13)12-22(23)24;1-8-5-9-3-4-10(16-2)6-12(9)11(8)7-13(14)15;1-11-8-3-7(6-10)4-9(5-8)12-2;1-6-4-5-7(2)3;/h8-9,12-16H,10-11,17H2,1-7H3;5-11H,12H2,1-4H3,(H,23,24);3-4,6H,5,7H2,1-2H3,(H,14,15);3-6H,1-2H3;6H,4-5H2,1-3H3;1H/b24-14-;19-9-;;;;. The van der Waals surface area contributed by atoms with Crippen LogP contribution in [0.1, 0.15) is 94.9 Å². The largest absolute Gasteiger partial charge is 0.497 e. The number of rotatable bonds is 24. The Kier molecular flexibility index (Phi) is 31.8. The van der Waals surface area contributed by atoms with Gasteiger partial charge in [-0.15, -0.1) is 12.4 Å². The first-order chi connectivity index (χ1) is 45.4. The lowest BCUT2D eigenvalue weighted by atomic mass is 10.00. The molecule has 9 rings (SSSR count). The molecule has 0 saturated heterocycles. The van der Waals surface area contributed by atoms with Crippen LogP contribution in [0.5, 0.6) is 51.7 Å². The van der Waals surface area contributed by atoms with Crippen molar-refractivity contribution in [3.05, 3.63) is 176 Å². The maximum atomic E-state index is 13.0. The number of carboxylic acids is 2. The third-order valence-corrected chi connectivity index (χ3v) is 16.0. The molecule has 20 heteroatoms. The Morgan fingerprint density at radius 3 is 1.14 bits per heavy atom. The second-order valence-corrected chi connectivity index (χ2v) is 23.0. The monoisotopic (exact) mass is 1340 g/mol. The quantitative estimate of drug-likeness (QED) is 0.0481. The first-order valence-corrected chi connectivity index (χ1v) is 30.8. The van der Waals surface area contributed by atoms with Crippen molar-refractivity contribution < 1.29 is 72.0 Å². The molecule has 0 saturated carbocycles. The number of nitrogens with one attached hydrogen (secondary N) is 1. The van der Waals surface area contributed by atoms with Gasteiger partial charge in [0.05, 0.1) is 83.3 Å². The van der Waals surface area contributed by atoms with E-state index >= 15 is 0 Å². The van der Waals surface area contributed by atoms with Gasteiger partial charge in [0.1, 0.15) is 58.0 Å². The Balaban J connectivity index is 0.000000277. The fourth-order valence-corrected chi connectivity index (χ4v) is 10.7. The van der Waals surface area contributed by atoms with E-state index in [1.807, 2.05) is 133 Å². The molecule has 0 heterocycles. The number of benzene rings is 6. The predicted molar refractivity (Wildman–Crippen MR) is 385 cm³/mol. The molecular formula is C76H95ClN4O15. The normalized spacial score (nSPS) is 13.0. The zero-order valence-electron chi connectivity index (χ0n) is 58.7. The molecule has 3 aliphatic carbocycles. The summed E-state index contributed by atoms with van der Waals surface area (Å²) in [5, 5.41) is 21.3. The number of likely N-dealkylation sites (N-methyl/N-ethyl adjacent to an activating group) is 4. The van der Waals surface area contributed by atoms with Crippen LogP contribution in [0.2, 0.25) is 0 Å². The Labute approximate surface area is 572 Å². The lowest BCUT2D eigenvalue weighted by Crippen LogP contribution is -2.33. The average molecular weight is 1340 g/mol. The molecular weight excluding hydrogens is 1240 g/mol. The number of carboxylic acid groups (broad SMARTS) is 2. The van der Waals surface area contributed by atoms with E-state index in [2.05, 4.69) is 48.3 Å². The number of aliphatic carboxylic acids is 2. The maximum Gasteiger partial charge on any atom is 0.307 e. The molecule has 0 aliphatic heterocycles. The van der Waals surface area contributed by atoms with Crippen LogP contribution in [-0.4, -0.2) is 181 Å². The highest BCUT2D eigenvalue weighted by molar-refractivity contribution is 6.09. The number of carbonyl (C=O) groups excluding carboxylic acids is 2. The zero-order chi connectivity index (χ0) is 70.1. The van der Waals surface area contributed by atoms with Crippen LogP contribution in [-0.2, 0) is 20.8 Å². The molecule has 1 amide bonds. The Bertz CT molecular complexity index is 3760. The van der Waals surface area contributed by atoms with E-state index in [-0.39, 0.29) is 31.2 Å². The van der Waals surface area contributed by atoms with Crippen LogP contribution in [0.25, 0.3) is 40.0 Å². The van der Waals surface area contributed by atoms with E-state index in [4.69, 9.17) is 47.7 Å². The smallest absolute Gasteiger partial charge is 0.307 e. The van der Waals surface area contributed by atoms with Gasteiger partial charge in [-0.05, 0) is 231 Å². The minimum Gasteiger partial charge on any atom is -0.497 e. The van der Waals surface area contributed by atoms with Crippen LogP contribution in [0, 0.1) is 0 Å². The zero-order valence-corrected chi connectivity index (χ0v) is 59.5. The number of fused-ring (bicyclic) bond motifs is 3. The molecule has 0 unspecified atom stereocenters. The van der Waals surface area contributed by atoms with Crippen molar-refractivity contribution in [3.63, 3.8) is 0 Å². The summed E-state index contributed by atoms with van der Waals surface area (Å²) in [4.78, 5) is 51.7. The number of halogens is 1. The average Bonchev–Trinajstić information content (AvgIpc) is 1.63.